The van der Waals surface area contributed by atoms with E-state index in [2.05, 4.69) is 70.3 Å². The maximum Gasteiger partial charge on any atom is 0.335 e. The molecule has 1 N–H and O–H groups in total. The molecular weight excluding hydrogens is 599 g/mol. The van der Waals surface area contributed by atoms with Crippen molar-refractivity contribution in [2.75, 3.05) is 11.5 Å². The summed E-state index contributed by atoms with van der Waals surface area (Å²) >= 11 is 0. The average Bonchev–Trinajstić information content (AvgIpc) is 3.60. The maximum atomic E-state index is 13.2. The van der Waals surface area contributed by atoms with E-state index in [1.807, 2.05) is 0 Å². The van der Waals surface area contributed by atoms with Crippen molar-refractivity contribution >= 4 is 45.9 Å². The van der Waals surface area contributed by atoms with E-state index in [1.54, 1.807) is 28.8 Å². The molecule has 4 unspecified atom stereocenters. The highest BCUT2D eigenvalue weighted by Gasteiger charge is 2.61. The molecule has 3 aromatic rings. The molecule has 3 aliphatic rings. The van der Waals surface area contributed by atoms with Gasteiger partial charge in [0.2, 0.25) is 0 Å². The molecule has 14 heteroatoms. The first-order valence-electron chi connectivity index (χ1n) is 15.3. The second-order valence-corrected chi connectivity index (χ2v) is 22.0. The molecule has 2 aromatic heterocycles. The van der Waals surface area contributed by atoms with Crippen molar-refractivity contribution in [2.45, 2.75) is 102 Å². The number of hydrogen-bond donors (Lipinski definition) is 1. The van der Waals surface area contributed by atoms with Crippen LogP contribution in [0.4, 0.5) is 5.82 Å². The lowest BCUT2D eigenvalue weighted by Crippen LogP contribution is -2.65. The van der Waals surface area contributed by atoms with E-state index in [4.69, 9.17) is 17.7 Å². The molecule has 236 valence electrons. The molecule has 44 heavy (non-hydrogen) atoms. The summed E-state index contributed by atoms with van der Waals surface area (Å²) in [6.07, 6.45) is -0.526. The average molecular weight is 640 g/mol. The van der Waals surface area contributed by atoms with Crippen LogP contribution in [0.3, 0.4) is 0 Å². The number of aliphatic hydroxyl groups excluding tert-OH is 1. The summed E-state index contributed by atoms with van der Waals surface area (Å²) in [4.78, 5) is 40.7. The number of anilines is 1. The van der Waals surface area contributed by atoms with Crippen LogP contribution in [0.5, 0.6) is 0 Å². The Bertz CT molecular complexity index is 1540. The molecular formula is C30H41N5O7Si2. The van der Waals surface area contributed by atoms with Crippen molar-refractivity contribution in [3.8, 4) is 0 Å². The van der Waals surface area contributed by atoms with Crippen LogP contribution in [-0.4, -0.2) is 78.5 Å². The first-order valence-corrected chi connectivity index (χ1v) is 19.3. The zero-order chi connectivity index (χ0) is 31.7. The molecule has 0 spiro atoms. The minimum absolute atomic E-state index is 0.0714. The number of hydrogen-bond acceptors (Lipinski definition) is 10. The van der Waals surface area contributed by atoms with Gasteiger partial charge in [0.15, 0.2) is 23.2 Å². The highest BCUT2D eigenvalue weighted by molar-refractivity contribution is 6.84. The summed E-state index contributed by atoms with van der Waals surface area (Å²) in [5, 5.41) is 11.8. The summed E-state index contributed by atoms with van der Waals surface area (Å²) in [6, 6.07) is 6.65. The Balaban J connectivity index is 1.38. The summed E-state index contributed by atoms with van der Waals surface area (Å²) < 4.78 is 29.2. The standard InChI is InChI=1S/C30H41N5O7Si2/c1-16(2)43(17(3)4)39-13-22-25(41-44(42-43,18(5)6)19(7)8)24(36)30(40-22)34-15-33-23-26(34)31-14-32-27(23)35-28(37)20-11-9-10-12-21(20)29(35)38/h9-12,14-19,22,24-25,30,36H,13H2,1-8H3. The molecule has 0 bridgehead atoms. The fourth-order valence-corrected chi connectivity index (χ4v) is 18.2. The monoisotopic (exact) mass is 639 g/mol. The molecule has 1 aromatic carbocycles. The van der Waals surface area contributed by atoms with Crippen LogP contribution in [-0.2, 0) is 17.7 Å². The molecule has 5 heterocycles. The van der Waals surface area contributed by atoms with Crippen molar-refractivity contribution in [2.24, 2.45) is 0 Å². The van der Waals surface area contributed by atoms with E-state index in [1.165, 1.54) is 12.7 Å². The molecule has 2 fully saturated rings. The van der Waals surface area contributed by atoms with E-state index < -0.39 is 53.5 Å². The summed E-state index contributed by atoms with van der Waals surface area (Å²) in [6.45, 7) is 17.3. The Morgan fingerprint density at radius 2 is 1.45 bits per heavy atom. The van der Waals surface area contributed by atoms with E-state index in [0.717, 1.165) is 4.90 Å². The molecule has 0 saturated carbocycles. The Morgan fingerprint density at radius 1 is 0.864 bits per heavy atom. The van der Waals surface area contributed by atoms with Crippen LogP contribution >= 0.6 is 0 Å². The third kappa shape index (κ3) is 4.53. The van der Waals surface area contributed by atoms with Crippen LogP contribution in [0.2, 0.25) is 22.2 Å². The Hall–Kier alpha value is -2.86. The summed E-state index contributed by atoms with van der Waals surface area (Å²) in [5.74, 6) is -0.886. The number of nitrogens with zero attached hydrogens (tertiary/aromatic N) is 5. The molecule has 0 aliphatic carbocycles. The number of benzene rings is 1. The van der Waals surface area contributed by atoms with E-state index >= 15 is 0 Å². The Morgan fingerprint density at radius 3 is 2.02 bits per heavy atom. The van der Waals surface area contributed by atoms with Gasteiger partial charge in [-0.2, -0.15) is 0 Å². The first-order chi connectivity index (χ1) is 20.8. The molecule has 6 rings (SSSR count). The molecule has 3 aliphatic heterocycles. The number of fused-ring (bicyclic) bond motifs is 3. The van der Waals surface area contributed by atoms with Crippen molar-refractivity contribution < 1.29 is 32.4 Å². The van der Waals surface area contributed by atoms with Gasteiger partial charge in [-0.3, -0.25) is 14.2 Å². The second kappa shape index (κ2) is 11.2. The summed E-state index contributed by atoms with van der Waals surface area (Å²) in [7, 11) is -5.78. The zero-order valence-electron chi connectivity index (χ0n) is 26.4. The number of carbonyl (C=O) groups is 2. The van der Waals surface area contributed by atoms with Gasteiger partial charge in [0, 0.05) is 0 Å². The minimum Gasteiger partial charge on any atom is -0.414 e. The number of rotatable bonds is 6. The van der Waals surface area contributed by atoms with Crippen LogP contribution in [0.15, 0.2) is 36.9 Å². The third-order valence-corrected chi connectivity index (χ3v) is 19.5. The van der Waals surface area contributed by atoms with Crippen LogP contribution in [0, 0.1) is 0 Å². The first kappa shape index (κ1) is 31.1. The van der Waals surface area contributed by atoms with Crippen molar-refractivity contribution in [1.29, 1.82) is 0 Å². The van der Waals surface area contributed by atoms with Crippen LogP contribution in [0.25, 0.3) is 11.2 Å². The fourth-order valence-electron chi connectivity index (χ4n) is 6.94. The largest absolute Gasteiger partial charge is 0.414 e. The Labute approximate surface area is 259 Å². The van der Waals surface area contributed by atoms with Gasteiger partial charge in [-0.1, -0.05) is 67.5 Å². The number of imide groups is 1. The highest BCUT2D eigenvalue weighted by atomic mass is 28.5. The predicted octanol–water partition coefficient (Wildman–Crippen LogP) is 4.84. The smallest absolute Gasteiger partial charge is 0.335 e. The van der Waals surface area contributed by atoms with Crippen molar-refractivity contribution in [3.05, 3.63) is 48.0 Å². The quantitative estimate of drug-likeness (QED) is 0.295. The number of amides is 2. The molecule has 0 radical (unpaired) electrons. The van der Waals surface area contributed by atoms with Crippen LogP contribution in [0.1, 0.15) is 82.3 Å². The lowest BCUT2D eigenvalue weighted by Gasteiger charge is -2.51. The lowest BCUT2D eigenvalue weighted by atomic mass is 10.1. The SMILES string of the molecule is CC(C)[Si]1(C(C)C)OCC2OC(n3cnc4c(N5C(=O)c6ccccc6C5=O)ncnc43)C(O)C2O[Si](C(C)C)(C(C)C)O1. The number of aliphatic hydroxyl groups is 1. The molecule has 2 saturated heterocycles. The predicted molar refractivity (Wildman–Crippen MR) is 167 cm³/mol. The number of aromatic nitrogens is 4. The molecule has 2 amide bonds. The van der Waals surface area contributed by atoms with E-state index in [0.29, 0.717) is 16.8 Å². The minimum atomic E-state index is -2.99. The second-order valence-electron chi connectivity index (χ2n) is 13.1. The van der Waals surface area contributed by atoms with Gasteiger partial charge >= 0.3 is 17.1 Å². The van der Waals surface area contributed by atoms with Gasteiger partial charge in [-0.15, -0.1) is 0 Å². The highest BCUT2D eigenvalue weighted by Crippen LogP contribution is 2.48. The van der Waals surface area contributed by atoms with E-state index in [-0.39, 0.29) is 40.1 Å². The lowest BCUT2D eigenvalue weighted by molar-refractivity contribution is -0.0570. The zero-order valence-corrected chi connectivity index (χ0v) is 28.4. The Kier molecular flexibility index (Phi) is 7.92. The van der Waals surface area contributed by atoms with E-state index in [9.17, 15) is 14.7 Å². The van der Waals surface area contributed by atoms with Gasteiger partial charge in [0.05, 0.1) is 24.1 Å². The van der Waals surface area contributed by atoms with Crippen molar-refractivity contribution in [1.82, 2.24) is 19.5 Å². The summed E-state index contributed by atoms with van der Waals surface area (Å²) in [5.41, 5.74) is 1.67. The number of ether oxygens (including phenoxy) is 1. The van der Waals surface area contributed by atoms with Crippen molar-refractivity contribution in [3.63, 3.8) is 0 Å². The topological polar surface area (TPSA) is 138 Å². The van der Waals surface area contributed by atoms with Gasteiger partial charge in [-0.25, -0.2) is 19.9 Å². The normalized spacial score (nSPS) is 26.6. The number of carbonyl (C=O) groups excluding carboxylic acids is 2. The number of imidazole rings is 1. The third-order valence-electron chi connectivity index (χ3n) is 9.26. The van der Waals surface area contributed by atoms with Crippen LogP contribution < -0.4 is 4.90 Å². The maximum absolute atomic E-state index is 13.2. The van der Waals surface area contributed by atoms with Gasteiger partial charge in [-0.05, 0) is 34.3 Å². The van der Waals surface area contributed by atoms with Gasteiger partial charge in [0.25, 0.3) is 11.8 Å². The molecule has 12 nitrogen and oxygen atoms in total. The van der Waals surface area contributed by atoms with Gasteiger partial charge < -0.3 is 22.8 Å². The molecule has 4 atom stereocenters. The van der Waals surface area contributed by atoms with Gasteiger partial charge in [0.1, 0.15) is 24.6 Å². The fraction of sp³-hybridized carbons (Fsp3) is 0.567.